The van der Waals surface area contributed by atoms with Crippen molar-refractivity contribution in [2.45, 2.75) is 177 Å². The third-order valence-corrected chi connectivity index (χ3v) is 17.5. The first-order valence-electron chi connectivity index (χ1n) is 33.8. The van der Waals surface area contributed by atoms with Crippen LogP contribution in [0, 0.1) is 0 Å². The van der Waals surface area contributed by atoms with E-state index in [0.29, 0.717) is 31.8 Å². The number of carbonyl (C=O) groups excluding carboxylic acids is 6. The SMILES string of the molecule is C=C(C)CCCCOP(O)OCCCCCCSC1CC(=O)N(CCC(=O)NC(COCCC(=O)NCCCCC(C(=O)O)N(CC(=O)O)CC(=O)O)(COCCC(=O)NCCCCC(C(=O)O)N(CC(=O)O)CC(=O)O)COCCC(=O)NCCCCC(C(=O)O)N(CC(=O)O)CC(O)O)C1=O. The van der Waals surface area contributed by atoms with Crippen LogP contribution in [0.3, 0.4) is 0 Å². The number of ether oxygens (including phenoxy) is 3. The number of amides is 6. The Morgan fingerprint density at radius 3 is 1.27 bits per heavy atom. The fourth-order valence-corrected chi connectivity index (χ4v) is 12.2. The van der Waals surface area contributed by atoms with Crippen molar-refractivity contribution in [1.29, 1.82) is 0 Å². The molecule has 15 N–H and O–H groups in total. The van der Waals surface area contributed by atoms with Gasteiger partial charge in [0.25, 0.3) is 0 Å². The fraction of sp³-hybridized carbons (Fsp3) is 0.746. The summed E-state index contributed by atoms with van der Waals surface area (Å²) in [6.07, 6.45) is 2.54. The van der Waals surface area contributed by atoms with Gasteiger partial charge in [0.15, 0.2) is 6.29 Å². The van der Waals surface area contributed by atoms with Crippen molar-refractivity contribution in [3.63, 3.8) is 0 Å². The summed E-state index contributed by atoms with van der Waals surface area (Å²) in [7, 11) is -1.99. The summed E-state index contributed by atoms with van der Waals surface area (Å²) in [6.45, 7) is -1.13. The molecule has 40 heteroatoms. The highest BCUT2D eigenvalue weighted by atomic mass is 32.2. The molecule has 1 fully saturated rings. The normalized spacial score (nSPS) is 14.8. The quantitative estimate of drug-likeness (QED) is 0.0123. The molecule has 0 aromatic rings. The van der Waals surface area contributed by atoms with E-state index >= 15 is 0 Å². The number of carboxylic acid groups (broad SMARTS) is 8. The Morgan fingerprint density at radius 1 is 0.515 bits per heavy atom. The van der Waals surface area contributed by atoms with Gasteiger partial charge in [-0.15, -0.1) is 18.3 Å². The highest BCUT2D eigenvalue weighted by Crippen LogP contribution is 2.33. The number of imide groups is 1. The molecular weight excluding hydrogens is 1410 g/mol. The average Bonchev–Trinajstić information content (AvgIpc) is 1.72. The van der Waals surface area contributed by atoms with E-state index in [0.717, 1.165) is 57.3 Å². The van der Waals surface area contributed by atoms with Gasteiger partial charge in [0, 0.05) is 58.3 Å². The molecule has 0 aliphatic carbocycles. The number of carboxylic acids is 8. The van der Waals surface area contributed by atoms with Crippen molar-refractivity contribution < 1.29 is 146 Å². The smallest absolute Gasteiger partial charge is 0.329 e. The zero-order valence-electron chi connectivity index (χ0n) is 58.2. The van der Waals surface area contributed by atoms with Gasteiger partial charge in [0.05, 0.1) is 97.4 Å². The summed E-state index contributed by atoms with van der Waals surface area (Å²) in [6, 6.07) is -4.32. The lowest BCUT2D eigenvalue weighted by Crippen LogP contribution is -2.59. The van der Waals surface area contributed by atoms with Crippen LogP contribution in [0.5, 0.6) is 0 Å². The van der Waals surface area contributed by atoms with E-state index in [-0.39, 0.29) is 129 Å². The number of nitrogens with zero attached hydrogens (tertiary/aromatic N) is 4. The van der Waals surface area contributed by atoms with Gasteiger partial charge in [-0.2, -0.15) is 0 Å². The monoisotopic (exact) mass is 1520 g/mol. The lowest BCUT2D eigenvalue weighted by atomic mass is 10.0. The zero-order chi connectivity index (χ0) is 77.3. The number of aliphatic carboxylic acids is 8. The molecule has 5 unspecified atom stereocenters. The lowest BCUT2D eigenvalue weighted by Gasteiger charge is -2.34. The first kappa shape index (κ1) is 93.9. The van der Waals surface area contributed by atoms with E-state index in [9.17, 15) is 123 Å². The molecule has 1 rings (SSSR count). The molecule has 38 nitrogen and oxygen atoms in total. The van der Waals surface area contributed by atoms with E-state index < -0.39 is 193 Å². The number of likely N-dealkylation sites (tertiary alicyclic amines) is 1. The molecule has 588 valence electrons. The molecule has 0 aromatic carbocycles. The van der Waals surface area contributed by atoms with Crippen molar-refractivity contribution in [2.75, 3.05) is 124 Å². The van der Waals surface area contributed by atoms with E-state index in [1.54, 1.807) is 0 Å². The van der Waals surface area contributed by atoms with Crippen molar-refractivity contribution in [1.82, 2.24) is 40.9 Å². The number of rotatable bonds is 67. The molecule has 0 spiro atoms. The van der Waals surface area contributed by atoms with E-state index in [1.807, 2.05) is 6.92 Å². The second-order valence-corrected chi connectivity index (χ2v) is 26.8. The Hall–Kier alpha value is -7.14. The van der Waals surface area contributed by atoms with E-state index in [1.165, 1.54) is 11.8 Å². The molecule has 0 aromatic heterocycles. The van der Waals surface area contributed by atoms with E-state index in [4.69, 9.17) is 23.3 Å². The van der Waals surface area contributed by atoms with Gasteiger partial charge in [-0.1, -0.05) is 18.4 Å². The number of unbranched alkanes of at least 4 members (excludes halogenated alkanes) is 7. The van der Waals surface area contributed by atoms with E-state index in [2.05, 4.69) is 27.8 Å². The van der Waals surface area contributed by atoms with Crippen molar-refractivity contribution in [3.8, 4) is 0 Å². The summed E-state index contributed by atoms with van der Waals surface area (Å²) < 4.78 is 28.6. The molecule has 103 heavy (non-hydrogen) atoms. The second-order valence-electron chi connectivity index (χ2n) is 24.5. The molecule has 0 saturated carbocycles. The second kappa shape index (κ2) is 54.5. The first-order chi connectivity index (χ1) is 48.8. The maximum Gasteiger partial charge on any atom is 0.329 e. The minimum Gasteiger partial charge on any atom is -0.480 e. The molecule has 5 atom stereocenters. The maximum absolute atomic E-state index is 14.1. The van der Waals surface area contributed by atoms with Gasteiger partial charge in [-0.05, 0) is 103 Å². The van der Waals surface area contributed by atoms with Crippen LogP contribution in [0.2, 0.25) is 0 Å². The Balaban J connectivity index is 3.31. The number of carbonyl (C=O) groups is 14. The fourth-order valence-electron chi connectivity index (χ4n) is 10.4. The topological polar surface area (TPSA) is 569 Å². The number of aliphatic hydroxyl groups excluding tert-OH is 1. The molecule has 0 bridgehead atoms. The van der Waals surface area contributed by atoms with Crippen LogP contribution in [0.25, 0.3) is 0 Å². The number of nitrogens with one attached hydrogen (secondary N) is 4. The Labute approximate surface area is 601 Å². The number of allylic oxidation sites excluding steroid dienone is 1. The Morgan fingerprint density at radius 2 is 0.893 bits per heavy atom. The number of thioether (sulfide) groups is 1. The highest BCUT2D eigenvalue weighted by molar-refractivity contribution is 8.00. The third kappa shape index (κ3) is 45.6. The Bertz CT molecular complexity index is 2590. The predicted molar refractivity (Wildman–Crippen MR) is 364 cm³/mol. The maximum atomic E-state index is 14.1. The minimum atomic E-state index is -2.02. The van der Waals surface area contributed by atoms with Crippen LogP contribution in [0.1, 0.15) is 142 Å². The third-order valence-electron chi connectivity index (χ3n) is 15.4. The van der Waals surface area contributed by atoms with Crippen LogP contribution in [0.4, 0.5) is 0 Å². The molecule has 1 aliphatic heterocycles. The summed E-state index contributed by atoms with van der Waals surface area (Å²) in [4.78, 5) is 186. The average molecular weight is 1520 g/mol. The molecule has 0 radical (unpaired) electrons. The van der Waals surface area contributed by atoms with Gasteiger partial charge in [0.1, 0.15) is 23.7 Å². The zero-order valence-corrected chi connectivity index (χ0v) is 59.9. The summed E-state index contributed by atoms with van der Waals surface area (Å²) in [5.41, 5.74) is -0.655. The first-order valence-corrected chi connectivity index (χ1v) is 36.0. The van der Waals surface area contributed by atoms with Gasteiger partial charge >= 0.3 is 56.4 Å². The van der Waals surface area contributed by atoms with Gasteiger partial charge in [0.2, 0.25) is 35.4 Å². The summed E-state index contributed by atoms with van der Waals surface area (Å²) in [5, 5.41) is 104. The molecule has 6 amide bonds. The molecule has 1 aliphatic rings. The predicted octanol–water partition coefficient (Wildman–Crippen LogP) is -0.270. The highest BCUT2D eigenvalue weighted by Gasteiger charge is 2.40. The van der Waals surface area contributed by atoms with Crippen LogP contribution in [0.15, 0.2) is 12.2 Å². The van der Waals surface area contributed by atoms with Crippen molar-refractivity contribution in [3.05, 3.63) is 12.2 Å². The van der Waals surface area contributed by atoms with Gasteiger partial charge in [-0.25, -0.2) is 0 Å². The standard InChI is InChI=1S/C63H105N8O30PS/c1-43(2)15-8-13-28-101-102(96)100-27-12-3-4-14-32-103-47-33-52(76)71(59(47)89)26-19-51(75)67-63(40-97-29-20-48(72)64-23-9-5-16-44(60(90)91)68(34-53(77)78)35-54(79)80,41-98-30-21-49(73)65-24-10-6-17-45(61(92)93)69(36-55(81)82)37-56(83)84)42-99-31-22-50(74)66-25-11-7-18-46(62(94)95)70(38-57(85)86)39-58(87)88/h44-47,53,77-78,96H,1,3-42H2,2H3,(H,64,72)(H,65,73)(H,66,74)(H,67,75)(H,79,80)(H,81,82)(H,83,84)(H,85,86)(H,87,88)(H,90,91)(H,92,93)(H,94,95). The number of hydrogen-bond donors (Lipinski definition) is 15. The summed E-state index contributed by atoms with van der Waals surface area (Å²) in [5.74, 6) is -14.4. The van der Waals surface area contributed by atoms with Crippen molar-refractivity contribution in [2.24, 2.45) is 0 Å². The van der Waals surface area contributed by atoms with Gasteiger partial charge in [-0.3, -0.25) is 86.7 Å². The largest absolute Gasteiger partial charge is 0.480 e. The number of hydrogen-bond acceptors (Lipinski definition) is 26. The lowest BCUT2D eigenvalue weighted by molar-refractivity contribution is -0.152. The van der Waals surface area contributed by atoms with Gasteiger partial charge < -0.3 is 100 Å². The van der Waals surface area contributed by atoms with Crippen LogP contribution >= 0.6 is 20.4 Å². The van der Waals surface area contributed by atoms with Crippen LogP contribution in [-0.4, -0.2) is 318 Å². The number of aliphatic hydroxyl groups is 2. The minimum absolute atomic E-state index is 0.00827. The molecule has 1 saturated heterocycles. The molecular formula is C63H105N8O30PS. The molecule has 1 heterocycles. The van der Waals surface area contributed by atoms with Crippen LogP contribution in [-0.2, 0) is 90.4 Å². The van der Waals surface area contributed by atoms with Crippen molar-refractivity contribution >= 4 is 104 Å². The summed E-state index contributed by atoms with van der Waals surface area (Å²) >= 11 is 1.30. The Kier molecular flexibility index (Phi) is 49.6. The van der Waals surface area contributed by atoms with Crippen LogP contribution < -0.4 is 21.3 Å².